The molecule has 0 aliphatic carbocycles. The van der Waals surface area contributed by atoms with Gasteiger partial charge in [-0.05, 0) is 55.0 Å². The number of nitrogens with two attached hydrogens (primary N) is 1. The summed E-state index contributed by atoms with van der Waals surface area (Å²) >= 11 is 5.79. The molecule has 0 aliphatic rings. The van der Waals surface area contributed by atoms with Gasteiger partial charge in [0.25, 0.3) is 0 Å². The first kappa shape index (κ1) is 15.9. The quantitative estimate of drug-likeness (QED) is 0.648. The molecular formula is C17H17ClN2O2. The van der Waals surface area contributed by atoms with Gasteiger partial charge in [-0.25, -0.2) is 0 Å². The maximum atomic E-state index is 11.8. The maximum Gasteiger partial charge on any atom is 0.248 e. The Labute approximate surface area is 134 Å². The molecule has 0 saturated carbocycles. The average molecular weight is 317 g/mol. The molecular weight excluding hydrogens is 300 g/mol. The van der Waals surface area contributed by atoms with Crippen molar-refractivity contribution in [1.29, 1.82) is 0 Å². The molecule has 0 unspecified atom stereocenters. The lowest BCUT2D eigenvalue weighted by Crippen LogP contribution is -2.07. The van der Waals surface area contributed by atoms with Crippen molar-refractivity contribution in [1.82, 2.24) is 0 Å². The SMILES string of the molecule is CCOc1ccc(/C=C\C(=O)Nc2ccc(Cl)cc2)cc1N. The highest BCUT2D eigenvalue weighted by molar-refractivity contribution is 6.30. The lowest BCUT2D eigenvalue weighted by atomic mass is 10.1. The predicted molar refractivity (Wildman–Crippen MR) is 91.1 cm³/mol. The van der Waals surface area contributed by atoms with Gasteiger partial charge in [-0.1, -0.05) is 17.7 Å². The van der Waals surface area contributed by atoms with Gasteiger partial charge in [0.05, 0.1) is 12.3 Å². The number of nitrogen functional groups attached to an aromatic ring is 1. The molecule has 0 spiro atoms. The Morgan fingerprint density at radius 3 is 2.64 bits per heavy atom. The van der Waals surface area contributed by atoms with Crippen LogP contribution < -0.4 is 15.8 Å². The molecule has 0 fully saturated rings. The van der Waals surface area contributed by atoms with E-state index in [1.165, 1.54) is 6.08 Å². The summed E-state index contributed by atoms with van der Waals surface area (Å²) in [5, 5.41) is 3.37. The van der Waals surface area contributed by atoms with Crippen LogP contribution >= 0.6 is 11.6 Å². The van der Waals surface area contributed by atoms with E-state index in [2.05, 4.69) is 5.32 Å². The maximum absolute atomic E-state index is 11.8. The van der Waals surface area contributed by atoms with Crippen molar-refractivity contribution in [2.24, 2.45) is 0 Å². The van der Waals surface area contributed by atoms with E-state index >= 15 is 0 Å². The highest BCUT2D eigenvalue weighted by Gasteiger charge is 2.01. The smallest absolute Gasteiger partial charge is 0.248 e. The first-order chi connectivity index (χ1) is 10.6. The monoisotopic (exact) mass is 316 g/mol. The van der Waals surface area contributed by atoms with E-state index in [-0.39, 0.29) is 5.91 Å². The van der Waals surface area contributed by atoms with Crippen LogP contribution in [0.25, 0.3) is 6.08 Å². The van der Waals surface area contributed by atoms with Gasteiger partial charge in [-0.2, -0.15) is 0 Å². The van der Waals surface area contributed by atoms with Crippen LogP contribution in [0.5, 0.6) is 5.75 Å². The van der Waals surface area contributed by atoms with Gasteiger partial charge < -0.3 is 15.8 Å². The number of halogens is 1. The number of hydrogen-bond acceptors (Lipinski definition) is 3. The van der Waals surface area contributed by atoms with E-state index in [9.17, 15) is 4.79 Å². The van der Waals surface area contributed by atoms with E-state index in [4.69, 9.17) is 22.1 Å². The number of benzene rings is 2. The van der Waals surface area contributed by atoms with Gasteiger partial charge in [0.15, 0.2) is 0 Å². The largest absolute Gasteiger partial charge is 0.492 e. The van der Waals surface area contributed by atoms with E-state index < -0.39 is 0 Å². The first-order valence-electron chi connectivity index (χ1n) is 6.85. The number of ether oxygens (including phenoxy) is 1. The predicted octanol–water partition coefficient (Wildman–Crippen LogP) is 3.97. The third kappa shape index (κ3) is 4.53. The minimum Gasteiger partial charge on any atom is -0.492 e. The summed E-state index contributed by atoms with van der Waals surface area (Å²) in [6.45, 7) is 2.46. The molecule has 2 aromatic rings. The number of hydrogen-bond donors (Lipinski definition) is 2. The Balaban J connectivity index is 2.00. The first-order valence-corrected chi connectivity index (χ1v) is 7.23. The molecule has 0 radical (unpaired) electrons. The van der Waals surface area contributed by atoms with Crippen LogP contribution in [0.15, 0.2) is 48.5 Å². The molecule has 3 N–H and O–H groups in total. The summed E-state index contributed by atoms with van der Waals surface area (Å²) in [6.07, 6.45) is 3.14. The van der Waals surface area contributed by atoms with Gasteiger partial charge in [0, 0.05) is 16.8 Å². The van der Waals surface area contributed by atoms with Crippen molar-refractivity contribution in [3.8, 4) is 5.75 Å². The van der Waals surface area contributed by atoms with Crippen LogP contribution in [-0.2, 0) is 4.79 Å². The zero-order chi connectivity index (χ0) is 15.9. The summed E-state index contributed by atoms with van der Waals surface area (Å²) in [7, 11) is 0. The van der Waals surface area contributed by atoms with Crippen molar-refractivity contribution in [2.45, 2.75) is 6.92 Å². The number of anilines is 2. The average Bonchev–Trinajstić information content (AvgIpc) is 2.50. The minimum absolute atomic E-state index is 0.227. The van der Waals surface area contributed by atoms with E-state index in [1.54, 1.807) is 42.5 Å². The number of nitrogens with one attached hydrogen (secondary N) is 1. The Hall–Kier alpha value is -2.46. The van der Waals surface area contributed by atoms with E-state index in [0.717, 1.165) is 5.56 Å². The molecule has 5 heteroatoms. The standard InChI is InChI=1S/C17H17ClN2O2/c1-2-22-16-9-3-12(11-15(16)19)4-10-17(21)20-14-7-5-13(18)6-8-14/h3-11H,2,19H2,1H3,(H,20,21)/b10-4-. The Morgan fingerprint density at radius 2 is 2.00 bits per heavy atom. The zero-order valence-corrected chi connectivity index (χ0v) is 12.9. The fourth-order valence-corrected chi connectivity index (χ4v) is 1.97. The molecule has 0 atom stereocenters. The summed E-state index contributed by atoms with van der Waals surface area (Å²) in [6, 6.07) is 12.3. The van der Waals surface area contributed by atoms with Crippen LogP contribution in [0.4, 0.5) is 11.4 Å². The van der Waals surface area contributed by atoms with Crippen molar-refractivity contribution < 1.29 is 9.53 Å². The van der Waals surface area contributed by atoms with Crippen LogP contribution in [0, 0.1) is 0 Å². The lowest BCUT2D eigenvalue weighted by Gasteiger charge is -2.07. The number of rotatable bonds is 5. The Kier molecular flexibility index (Phi) is 5.44. The van der Waals surface area contributed by atoms with E-state index in [1.807, 2.05) is 13.0 Å². The molecule has 2 aromatic carbocycles. The zero-order valence-electron chi connectivity index (χ0n) is 12.2. The number of amides is 1. The van der Waals surface area contributed by atoms with Crippen molar-refractivity contribution in [2.75, 3.05) is 17.7 Å². The van der Waals surface area contributed by atoms with Crippen molar-refractivity contribution in [3.05, 3.63) is 59.1 Å². The topological polar surface area (TPSA) is 64.3 Å². The van der Waals surface area contributed by atoms with Crippen LogP contribution in [0.3, 0.4) is 0 Å². The third-order valence-corrected chi connectivity index (χ3v) is 3.12. The Morgan fingerprint density at radius 1 is 1.27 bits per heavy atom. The molecule has 0 heterocycles. The second kappa shape index (κ2) is 7.52. The molecule has 0 aromatic heterocycles. The normalized spacial score (nSPS) is 10.6. The van der Waals surface area contributed by atoms with Crippen molar-refractivity contribution in [3.63, 3.8) is 0 Å². The molecule has 0 aliphatic heterocycles. The third-order valence-electron chi connectivity index (χ3n) is 2.87. The second-order valence-electron chi connectivity index (χ2n) is 4.56. The Bertz CT molecular complexity index is 682. The second-order valence-corrected chi connectivity index (χ2v) is 5.00. The lowest BCUT2D eigenvalue weighted by molar-refractivity contribution is -0.111. The minimum atomic E-state index is -0.227. The van der Waals surface area contributed by atoms with Crippen LogP contribution in [0.1, 0.15) is 12.5 Å². The highest BCUT2D eigenvalue weighted by Crippen LogP contribution is 2.23. The molecule has 4 nitrogen and oxygen atoms in total. The highest BCUT2D eigenvalue weighted by atomic mass is 35.5. The van der Waals surface area contributed by atoms with E-state index in [0.29, 0.717) is 28.8 Å². The van der Waals surface area contributed by atoms with Crippen LogP contribution in [0.2, 0.25) is 5.02 Å². The summed E-state index contributed by atoms with van der Waals surface area (Å²) < 4.78 is 5.37. The molecule has 22 heavy (non-hydrogen) atoms. The van der Waals surface area contributed by atoms with Gasteiger partial charge in [0.1, 0.15) is 5.75 Å². The molecule has 114 valence electrons. The summed E-state index contributed by atoms with van der Waals surface area (Å²) in [5.41, 5.74) is 7.93. The van der Waals surface area contributed by atoms with Crippen molar-refractivity contribution >= 4 is 35.0 Å². The van der Waals surface area contributed by atoms with Gasteiger partial charge in [-0.3, -0.25) is 4.79 Å². The number of carbonyl (C=O) groups is 1. The van der Waals surface area contributed by atoms with Gasteiger partial charge in [0.2, 0.25) is 5.91 Å². The fraction of sp³-hybridized carbons (Fsp3) is 0.118. The molecule has 2 rings (SSSR count). The molecule has 1 amide bonds. The summed E-state index contributed by atoms with van der Waals surface area (Å²) in [4.78, 5) is 11.8. The summed E-state index contributed by atoms with van der Waals surface area (Å²) in [5.74, 6) is 0.417. The van der Waals surface area contributed by atoms with Gasteiger partial charge >= 0.3 is 0 Å². The molecule has 0 bridgehead atoms. The van der Waals surface area contributed by atoms with Crippen LogP contribution in [-0.4, -0.2) is 12.5 Å². The fourth-order valence-electron chi connectivity index (χ4n) is 1.85. The molecule has 0 saturated heterocycles. The number of carbonyl (C=O) groups excluding carboxylic acids is 1. The van der Waals surface area contributed by atoms with Gasteiger partial charge in [-0.15, -0.1) is 0 Å².